The zero-order valence-electron chi connectivity index (χ0n) is 15.7. The molecule has 5 nitrogen and oxygen atoms in total. The van der Waals surface area contributed by atoms with Crippen molar-refractivity contribution in [2.24, 2.45) is 5.73 Å². The molecule has 1 heterocycles. The van der Waals surface area contributed by atoms with Crippen LogP contribution in [-0.4, -0.2) is 43.0 Å². The molecule has 0 unspecified atom stereocenters. The highest BCUT2D eigenvalue weighted by Crippen LogP contribution is 2.19. The van der Waals surface area contributed by atoms with E-state index < -0.39 is 23.5 Å². The summed E-state index contributed by atoms with van der Waals surface area (Å²) in [6.07, 6.45) is -0.0602. The Morgan fingerprint density at radius 2 is 1.66 bits per heavy atom. The van der Waals surface area contributed by atoms with Crippen molar-refractivity contribution < 1.29 is 18.0 Å². The Labute approximate surface area is 167 Å². The van der Waals surface area contributed by atoms with Gasteiger partial charge in [0.2, 0.25) is 5.91 Å². The summed E-state index contributed by atoms with van der Waals surface area (Å²) in [4.78, 5) is 16.3. The highest BCUT2D eigenvalue weighted by Gasteiger charge is 2.23. The molecule has 2 aromatic carbocycles. The van der Waals surface area contributed by atoms with Crippen molar-refractivity contribution >= 4 is 11.6 Å². The van der Waals surface area contributed by atoms with E-state index in [0.717, 1.165) is 11.8 Å². The second-order valence-corrected chi connectivity index (χ2v) is 7.05. The topological polar surface area (TPSA) is 73.4 Å². The number of anilines is 1. The molecule has 3 rings (SSSR count). The molecule has 1 fully saturated rings. The van der Waals surface area contributed by atoms with Crippen molar-refractivity contribution in [3.63, 3.8) is 0 Å². The van der Waals surface area contributed by atoms with Crippen molar-refractivity contribution in [2.45, 2.75) is 18.9 Å². The molecule has 2 aromatic rings. The smallest absolute Gasteiger partial charge is 0.224 e. The average Bonchev–Trinajstić information content (AvgIpc) is 2.72. The van der Waals surface area contributed by atoms with Crippen LogP contribution in [0.3, 0.4) is 0 Å². The number of hydrogen-bond acceptors (Lipinski definition) is 4. The Hall–Kier alpha value is -3.05. The Morgan fingerprint density at radius 3 is 2.28 bits per heavy atom. The first-order chi connectivity index (χ1) is 13.9. The summed E-state index contributed by atoms with van der Waals surface area (Å²) >= 11 is 0. The normalized spacial score (nSPS) is 15.1. The third kappa shape index (κ3) is 5.06. The number of nitriles is 1. The van der Waals surface area contributed by atoms with E-state index in [1.807, 2.05) is 12.1 Å². The lowest BCUT2D eigenvalue weighted by Crippen LogP contribution is -2.49. The maximum absolute atomic E-state index is 13.8. The fraction of sp³-hybridized carbons (Fsp3) is 0.333. The maximum Gasteiger partial charge on any atom is 0.224 e. The molecule has 29 heavy (non-hydrogen) atoms. The molecule has 1 amide bonds. The summed E-state index contributed by atoms with van der Waals surface area (Å²) in [5.74, 6) is -3.42. The van der Waals surface area contributed by atoms with Gasteiger partial charge in [0.05, 0.1) is 11.6 Å². The van der Waals surface area contributed by atoms with Crippen molar-refractivity contribution in [2.75, 3.05) is 31.1 Å². The molecule has 0 bridgehead atoms. The van der Waals surface area contributed by atoms with Crippen LogP contribution in [0.5, 0.6) is 0 Å². The van der Waals surface area contributed by atoms with Crippen LogP contribution < -0.4 is 10.6 Å². The van der Waals surface area contributed by atoms with Gasteiger partial charge in [-0.2, -0.15) is 5.26 Å². The first-order valence-corrected chi connectivity index (χ1v) is 9.29. The number of piperazine rings is 1. The Bertz CT molecular complexity index is 919. The molecule has 2 N–H and O–H groups in total. The second kappa shape index (κ2) is 8.97. The summed E-state index contributed by atoms with van der Waals surface area (Å²) < 4.78 is 40.1. The van der Waals surface area contributed by atoms with Crippen LogP contribution in [0.1, 0.15) is 17.5 Å². The number of hydrogen-bond donors (Lipinski definition) is 1. The molecule has 0 spiro atoms. The van der Waals surface area contributed by atoms with E-state index in [1.165, 1.54) is 0 Å². The lowest BCUT2D eigenvalue weighted by atomic mass is 10.0. The summed E-state index contributed by atoms with van der Waals surface area (Å²) in [5.41, 5.74) is 7.48. The van der Waals surface area contributed by atoms with Crippen LogP contribution in [0.15, 0.2) is 36.4 Å². The van der Waals surface area contributed by atoms with Crippen LogP contribution >= 0.6 is 0 Å². The molecule has 1 atom stereocenters. The fourth-order valence-electron chi connectivity index (χ4n) is 3.39. The summed E-state index contributed by atoms with van der Waals surface area (Å²) in [7, 11) is 0. The highest BCUT2D eigenvalue weighted by atomic mass is 19.2. The van der Waals surface area contributed by atoms with Crippen LogP contribution in [0.2, 0.25) is 0 Å². The van der Waals surface area contributed by atoms with Crippen LogP contribution in [0.25, 0.3) is 0 Å². The van der Waals surface area contributed by atoms with E-state index in [0.29, 0.717) is 37.8 Å². The zero-order valence-corrected chi connectivity index (χ0v) is 15.7. The van der Waals surface area contributed by atoms with E-state index in [9.17, 15) is 18.0 Å². The first-order valence-electron chi connectivity index (χ1n) is 9.29. The number of carbonyl (C=O) groups is 1. The van der Waals surface area contributed by atoms with Gasteiger partial charge in [0, 0.05) is 50.4 Å². The van der Waals surface area contributed by atoms with Gasteiger partial charge in [0.25, 0.3) is 0 Å². The van der Waals surface area contributed by atoms with Gasteiger partial charge in [-0.1, -0.05) is 0 Å². The molecule has 152 valence electrons. The Morgan fingerprint density at radius 1 is 1.03 bits per heavy atom. The summed E-state index contributed by atoms with van der Waals surface area (Å²) in [5, 5.41) is 8.87. The lowest BCUT2D eigenvalue weighted by molar-refractivity contribution is -0.131. The summed E-state index contributed by atoms with van der Waals surface area (Å²) in [6, 6.07) is 9.91. The van der Waals surface area contributed by atoms with Crippen molar-refractivity contribution in [3.8, 4) is 6.07 Å². The molecule has 0 aromatic heterocycles. The number of benzene rings is 2. The third-order valence-electron chi connectivity index (χ3n) is 5.00. The molecule has 0 aliphatic carbocycles. The van der Waals surface area contributed by atoms with E-state index in [-0.39, 0.29) is 24.3 Å². The predicted molar refractivity (Wildman–Crippen MR) is 103 cm³/mol. The molecule has 8 heteroatoms. The van der Waals surface area contributed by atoms with Gasteiger partial charge in [-0.3, -0.25) is 4.79 Å². The largest absolute Gasteiger partial charge is 0.368 e. The van der Waals surface area contributed by atoms with Gasteiger partial charge in [0.15, 0.2) is 11.6 Å². The fourth-order valence-corrected chi connectivity index (χ4v) is 3.39. The van der Waals surface area contributed by atoms with Crippen molar-refractivity contribution in [1.82, 2.24) is 4.90 Å². The van der Waals surface area contributed by atoms with Gasteiger partial charge < -0.3 is 15.5 Å². The highest BCUT2D eigenvalue weighted by molar-refractivity contribution is 5.77. The Balaban J connectivity index is 1.51. The van der Waals surface area contributed by atoms with E-state index >= 15 is 0 Å². The third-order valence-corrected chi connectivity index (χ3v) is 5.00. The van der Waals surface area contributed by atoms with E-state index in [4.69, 9.17) is 11.0 Å². The minimum Gasteiger partial charge on any atom is -0.368 e. The molecular weight excluding hydrogens is 381 g/mol. The van der Waals surface area contributed by atoms with Gasteiger partial charge in [0.1, 0.15) is 5.82 Å². The number of nitrogens with two attached hydrogens (primary N) is 1. The SMILES string of the molecule is N#Cc1ccc(N2CCN(C(=O)C[C@H](N)Cc3cc(F)c(F)cc3F)CC2)cc1. The minimum absolute atomic E-state index is 0.00466. The van der Waals surface area contributed by atoms with Crippen molar-refractivity contribution in [1.29, 1.82) is 5.26 Å². The molecule has 0 saturated carbocycles. The van der Waals surface area contributed by atoms with Crippen molar-refractivity contribution in [3.05, 3.63) is 65.0 Å². The average molecular weight is 402 g/mol. The Kier molecular flexibility index (Phi) is 6.39. The quantitative estimate of drug-likeness (QED) is 0.781. The number of halogens is 3. The van der Waals surface area contributed by atoms with E-state index in [2.05, 4.69) is 11.0 Å². The van der Waals surface area contributed by atoms with Gasteiger partial charge in [-0.15, -0.1) is 0 Å². The standard InChI is InChI=1S/C21H21F3N4O/c22-18-12-20(24)19(23)10-15(18)9-16(26)11-21(29)28-7-5-27(6-8-28)17-3-1-14(13-25)2-4-17/h1-4,10,12,16H,5-9,11,26H2/t16-/m1/s1. The lowest BCUT2D eigenvalue weighted by Gasteiger charge is -2.36. The van der Waals surface area contributed by atoms with Crippen LogP contribution in [-0.2, 0) is 11.2 Å². The molecule has 1 saturated heterocycles. The molecule has 1 aliphatic rings. The second-order valence-electron chi connectivity index (χ2n) is 7.05. The number of rotatable bonds is 5. The summed E-state index contributed by atoms with van der Waals surface area (Å²) in [6.45, 7) is 2.32. The monoisotopic (exact) mass is 402 g/mol. The van der Waals surface area contributed by atoms with Crippen LogP contribution in [0, 0.1) is 28.8 Å². The van der Waals surface area contributed by atoms with Gasteiger partial charge in [-0.05, 0) is 42.3 Å². The number of nitrogens with zero attached hydrogens (tertiary/aromatic N) is 3. The predicted octanol–water partition coefficient (Wildman–Crippen LogP) is 2.58. The van der Waals surface area contributed by atoms with E-state index in [1.54, 1.807) is 17.0 Å². The number of amides is 1. The number of carbonyl (C=O) groups excluding carboxylic acids is 1. The maximum atomic E-state index is 13.8. The molecular formula is C21H21F3N4O. The minimum atomic E-state index is -1.25. The zero-order chi connectivity index (χ0) is 21.0. The molecule has 1 aliphatic heterocycles. The van der Waals surface area contributed by atoms with Gasteiger partial charge >= 0.3 is 0 Å². The van der Waals surface area contributed by atoms with Crippen LogP contribution in [0.4, 0.5) is 18.9 Å². The molecule has 0 radical (unpaired) electrons. The first kappa shape index (κ1) is 20.7. The van der Waals surface area contributed by atoms with Gasteiger partial charge in [-0.25, -0.2) is 13.2 Å².